The van der Waals surface area contributed by atoms with Crippen LogP contribution in [0.15, 0.2) is 64.5 Å². The first-order valence-electron chi connectivity index (χ1n) is 5.70. The third-order valence-electron chi connectivity index (χ3n) is 2.75. The summed E-state index contributed by atoms with van der Waals surface area (Å²) in [5.74, 6) is 0. The third kappa shape index (κ3) is 2.74. The molecular weight excluding hydrogens is 264 g/mol. The lowest BCUT2D eigenvalue weighted by molar-refractivity contribution is -0.554. The lowest BCUT2D eigenvalue weighted by Crippen LogP contribution is -2.34. The SMILES string of the molecule is O=[N+]([O-])C1=CCC(N=Nc2ccccc2)([N+](=O)[O-])C=C1. The molecule has 1 aliphatic rings. The van der Waals surface area contributed by atoms with Gasteiger partial charge in [-0.15, -0.1) is 10.2 Å². The Morgan fingerprint density at radius 1 is 1.15 bits per heavy atom. The largest absolute Gasteiger partial charge is 0.352 e. The molecule has 1 aromatic carbocycles. The Kier molecular flexibility index (Phi) is 3.65. The summed E-state index contributed by atoms with van der Waals surface area (Å²) in [5, 5.41) is 29.3. The van der Waals surface area contributed by atoms with Crippen molar-refractivity contribution in [3.63, 3.8) is 0 Å². The summed E-state index contributed by atoms with van der Waals surface area (Å²) in [6.07, 6.45) is 3.14. The molecule has 1 unspecified atom stereocenters. The topological polar surface area (TPSA) is 111 Å². The summed E-state index contributed by atoms with van der Waals surface area (Å²) >= 11 is 0. The molecule has 20 heavy (non-hydrogen) atoms. The molecule has 0 spiro atoms. The maximum absolute atomic E-state index is 11.2. The molecule has 0 heterocycles. The fourth-order valence-corrected chi connectivity index (χ4v) is 1.63. The van der Waals surface area contributed by atoms with E-state index in [-0.39, 0.29) is 12.1 Å². The minimum atomic E-state index is -1.78. The van der Waals surface area contributed by atoms with Crippen LogP contribution < -0.4 is 0 Å². The predicted molar refractivity (Wildman–Crippen MR) is 69.5 cm³/mol. The zero-order valence-corrected chi connectivity index (χ0v) is 10.2. The van der Waals surface area contributed by atoms with Crippen molar-refractivity contribution in [3.8, 4) is 0 Å². The fourth-order valence-electron chi connectivity index (χ4n) is 1.63. The zero-order chi connectivity index (χ0) is 14.6. The van der Waals surface area contributed by atoms with Gasteiger partial charge in [-0.25, -0.2) is 0 Å². The first kappa shape index (κ1) is 13.5. The van der Waals surface area contributed by atoms with Crippen LogP contribution in [-0.4, -0.2) is 15.5 Å². The van der Waals surface area contributed by atoms with Crippen LogP contribution in [0.4, 0.5) is 5.69 Å². The number of benzene rings is 1. The number of rotatable bonds is 4. The summed E-state index contributed by atoms with van der Waals surface area (Å²) in [5.41, 5.74) is -1.49. The molecule has 1 aromatic rings. The molecule has 1 atom stereocenters. The average Bonchev–Trinajstić information content (AvgIpc) is 2.46. The van der Waals surface area contributed by atoms with Crippen molar-refractivity contribution in [1.29, 1.82) is 0 Å². The standard InChI is InChI=1S/C12H10N4O4/c17-15(18)11-6-8-12(9-7-11,16(19)20)14-13-10-4-2-1-3-5-10/h1-8H,9H2. The van der Waals surface area contributed by atoms with Gasteiger partial charge in [-0.3, -0.25) is 20.2 Å². The fraction of sp³-hybridized carbons (Fsp3) is 0.167. The number of hydrogen-bond donors (Lipinski definition) is 0. The molecule has 102 valence electrons. The predicted octanol–water partition coefficient (Wildman–Crippen LogP) is 2.86. The molecule has 2 rings (SSSR count). The van der Waals surface area contributed by atoms with E-state index in [1.165, 1.54) is 6.08 Å². The lowest BCUT2D eigenvalue weighted by Gasteiger charge is -2.16. The van der Waals surface area contributed by atoms with E-state index in [4.69, 9.17) is 0 Å². The molecule has 0 N–H and O–H groups in total. The maximum atomic E-state index is 11.2. The highest BCUT2D eigenvalue weighted by atomic mass is 16.6. The van der Waals surface area contributed by atoms with Gasteiger partial charge in [0, 0.05) is 18.2 Å². The molecular formula is C12H10N4O4. The van der Waals surface area contributed by atoms with Crippen molar-refractivity contribution in [2.24, 2.45) is 10.2 Å². The van der Waals surface area contributed by atoms with E-state index in [1.54, 1.807) is 30.3 Å². The van der Waals surface area contributed by atoms with Gasteiger partial charge in [-0.2, -0.15) is 0 Å². The van der Waals surface area contributed by atoms with Gasteiger partial charge in [-0.1, -0.05) is 18.2 Å². The van der Waals surface area contributed by atoms with Crippen molar-refractivity contribution in [2.75, 3.05) is 0 Å². The van der Waals surface area contributed by atoms with Crippen molar-refractivity contribution in [2.45, 2.75) is 12.1 Å². The van der Waals surface area contributed by atoms with E-state index in [0.717, 1.165) is 12.2 Å². The van der Waals surface area contributed by atoms with E-state index in [2.05, 4.69) is 10.2 Å². The number of hydrogen-bond acceptors (Lipinski definition) is 6. The van der Waals surface area contributed by atoms with Crippen molar-refractivity contribution in [3.05, 3.63) is 74.5 Å². The minimum Gasteiger partial charge on any atom is -0.262 e. The van der Waals surface area contributed by atoms with Gasteiger partial charge in [0.25, 0.3) is 5.70 Å². The number of nitrogens with zero attached hydrogens (tertiary/aromatic N) is 4. The molecule has 1 aliphatic carbocycles. The van der Waals surface area contributed by atoms with Crippen molar-refractivity contribution in [1.82, 2.24) is 0 Å². The second-order valence-corrected chi connectivity index (χ2v) is 4.09. The molecule has 0 aliphatic heterocycles. The summed E-state index contributed by atoms with van der Waals surface area (Å²) in [4.78, 5) is 20.5. The molecule has 0 saturated heterocycles. The first-order chi connectivity index (χ1) is 9.53. The van der Waals surface area contributed by atoms with Crippen LogP contribution >= 0.6 is 0 Å². The van der Waals surface area contributed by atoms with E-state index in [1.807, 2.05) is 0 Å². The number of allylic oxidation sites excluding steroid dienone is 1. The Labute approximate surface area is 113 Å². The second-order valence-electron chi connectivity index (χ2n) is 4.09. The normalized spacial score (nSPS) is 21.7. The van der Waals surface area contributed by atoms with Gasteiger partial charge in [0.2, 0.25) is 0 Å². The molecule has 0 aromatic heterocycles. The van der Waals surface area contributed by atoms with Crippen molar-refractivity contribution >= 4 is 5.69 Å². The highest BCUT2D eigenvalue weighted by Gasteiger charge is 2.42. The zero-order valence-electron chi connectivity index (χ0n) is 10.2. The maximum Gasteiger partial charge on any atom is 0.352 e. The smallest absolute Gasteiger partial charge is 0.262 e. The van der Waals surface area contributed by atoms with Crippen LogP contribution in [0, 0.1) is 20.2 Å². The molecule has 8 heteroatoms. The minimum absolute atomic E-state index is 0.183. The molecule has 0 bridgehead atoms. The second kappa shape index (κ2) is 5.39. The van der Waals surface area contributed by atoms with Gasteiger partial charge < -0.3 is 0 Å². The Bertz CT molecular complexity index is 624. The number of azo groups is 1. The van der Waals surface area contributed by atoms with Crippen LogP contribution in [0.2, 0.25) is 0 Å². The quantitative estimate of drug-likeness (QED) is 0.477. The lowest BCUT2D eigenvalue weighted by atomic mass is 10.0. The van der Waals surface area contributed by atoms with Gasteiger partial charge in [0.15, 0.2) is 0 Å². The van der Waals surface area contributed by atoms with Gasteiger partial charge in [-0.05, 0) is 12.1 Å². The summed E-state index contributed by atoms with van der Waals surface area (Å²) in [6, 6.07) is 8.56. The van der Waals surface area contributed by atoms with E-state index in [9.17, 15) is 20.2 Å². The monoisotopic (exact) mass is 274 g/mol. The summed E-state index contributed by atoms with van der Waals surface area (Å²) in [6.45, 7) is 0. The van der Waals surface area contributed by atoms with Crippen LogP contribution in [0.3, 0.4) is 0 Å². The Morgan fingerprint density at radius 3 is 2.35 bits per heavy atom. The Morgan fingerprint density at radius 2 is 1.85 bits per heavy atom. The highest BCUT2D eigenvalue weighted by Crippen LogP contribution is 2.28. The van der Waals surface area contributed by atoms with Crippen molar-refractivity contribution < 1.29 is 9.85 Å². The molecule has 0 fully saturated rings. The molecule has 0 amide bonds. The Balaban J connectivity index is 2.26. The third-order valence-corrected chi connectivity index (χ3v) is 2.75. The highest BCUT2D eigenvalue weighted by molar-refractivity contribution is 5.35. The van der Waals surface area contributed by atoms with E-state index >= 15 is 0 Å². The summed E-state index contributed by atoms with van der Waals surface area (Å²) in [7, 11) is 0. The number of nitro groups is 2. The van der Waals surface area contributed by atoms with E-state index < -0.39 is 15.5 Å². The van der Waals surface area contributed by atoms with Gasteiger partial charge >= 0.3 is 5.66 Å². The molecule has 0 saturated carbocycles. The molecule has 0 radical (unpaired) electrons. The van der Waals surface area contributed by atoms with Gasteiger partial charge in [0.1, 0.15) is 0 Å². The molecule has 8 nitrogen and oxygen atoms in total. The van der Waals surface area contributed by atoms with E-state index in [0.29, 0.717) is 5.69 Å². The van der Waals surface area contributed by atoms with Gasteiger partial charge in [0.05, 0.1) is 22.0 Å². The van der Waals surface area contributed by atoms with Crippen LogP contribution in [0.1, 0.15) is 6.42 Å². The average molecular weight is 274 g/mol. The van der Waals surface area contributed by atoms with Crippen LogP contribution in [-0.2, 0) is 0 Å². The Hall–Kier alpha value is -2.90. The first-order valence-corrected chi connectivity index (χ1v) is 5.70. The van der Waals surface area contributed by atoms with Crippen LogP contribution in [0.25, 0.3) is 0 Å². The van der Waals surface area contributed by atoms with Crippen LogP contribution in [0.5, 0.6) is 0 Å². The summed E-state index contributed by atoms with van der Waals surface area (Å²) < 4.78 is 0.